The van der Waals surface area contributed by atoms with Crippen LogP contribution in [0.3, 0.4) is 0 Å². The summed E-state index contributed by atoms with van der Waals surface area (Å²) in [4.78, 5) is 21.7. The van der Waals surface area contributed by atoms with Crippen molar-refractivity contribution in [2.24, 2.45) is 5.92 Å². The summed E-state index contributed by atoms with van der Waals surface area (Å²) in [6.45, 7) is 0.287. The summed E-state index contributed by atoms with van der Waals surface area (Å²) in [6, 6.07) is 0. The number of amides is 1. The number of ether oxygens (including phenoxy) is 1. The number of carbonyl (C=O) groups excluding carboxylic acids is 1. The first-order valence-corrected chi connectivity index (χ1v) is 5.42. The van der Waals surface area contributed by atoms with Gasteiger partial charge in [-0.15, -0.1) is 0 Å². The minimum Gasteiger partial charge on any atom is -0.480 e. The number of nitrogens with one attached hydrogen (secondary N) is 1. The topological polar surface area (TPSA) is 75.6 Å². The second kappa shape index (κ2) is 7.00. The average molecular weight is 227 g/mol. The van der Waals surface area contributed by atoms with Crippen molar-refractivity contribution < 1.29 is 19.4 Å². The normalized spacial score (nSPS) is 19.4. The Labute approximate surface area is 94.5 Å². The molecule has 0 spiro atoms. The zero-order chi connectivity index (χ0) is 11.8. The van der Waals surface area contributed by atoms with Crippen LogP contribution in [0.5, 0.6) is 0 Å². The van der Waals surface area contributed by atoms with Gasteiger partial charge in [0.2, 0.25) is 5.91 Å². The summed E-state index contributed by atoms with van der Waals surface area (Å²) in [6.07, 6.45) is 6.74. The van der Waals surface area contributed by atoms with Crippen LogP contribution in [-0.4, -0.2) is 36.7 Å². The van der Waals surface area contributed by atoms with E-state index in [1.807, 2.05) is 6.08 Å². The van der Waals surface area contributed by atoms with Crippen molar-refractivity contribution >= 4 is 11.9 Å². The van der Waals surface area contributed by atoms with Gasteiger partial charge in [-0.05, 0) is 19.3 Å². The van der Waals surface area contributed by atoms with Gasteiger partial charge in [0.05, 0.1) is 6.61 Å². The van der Waals surface area contributed by atoms with Crippen molar-refractivity contribution in [2.45, 2.75) is 19.3 Å². The van der Waals surface area contributed by atoms with Crippen LogP contribution in [0, 0.1) is 5.92 Å². The molecule has 1 rings (SSSR count). The Bertz CT molecular complexity index is 275. The molecule has 0 aromatic rings. The van der Waals surface area contributed by atoms with Gasteiger partial charge in [-0.25, -0.2) is 4.79 Å². The second-order valence-corrected chi connectivity index (χ2v) is 3.72. The first-order valence-electron chi connectivity index (χ1n) is 5.42. The fourth-order valence-corrected chi connectivity index (χ4v) is 1.58. The van der Waals surface area contributed by atoms with E-state index in [1.54, 1.807) is 0 Å². The predicted octanol–water partition coefficient (Wildman–Crippen LogP) is 0.560. The van der Waals surface area contributed by atoms with Gasteiger partial charge in [-0.3, -0.25) is 4.79 Å². The highest BCUT2D eigenvalue weighted by Gasteiger charge is 2.17. The van der Waals surface area contributed by atoms with Crippen LogP contribution >= 0.6 is 0 Å². The molecular weight excluding hydrogens is 210 g/mol. The Morgan fingerprint density at radius 2 is 2.25 bits per heavy atom. The van der Waals surface area contributed by atoms with Crippen LogP contribution < -0.4 is 5.32 Å². The largest absolute Gasteiger partial charge is 0.480 e. The summed E-state index contributed by atoms with van der Waals surface area (Å²) in [5.74, 6) is -0.906. The standard InChI is InChI=1S/C11H17NO4/c13-10(14)8-16-7-6-12-11(15)9-4-2-1-3-5-9/h1-2,9H,3-8H2,(H,12,15)(H,13,14). The van der Waals surface area contributed by atoms with Gasteiger partial charge < -0.3 is 15.2 Å². The van der Waals surface area contributed by atoms with Crippen molar-refractivity contribution in [2.75, 3.05) is 19.8 Å². The molecule has 0 aromatic carbocycles. The highest BCUT2D eigenvalue weighted by Crippen LogP contribution is 2.17. The van der Waals surface area contributed by atoms with Gasteiger partial charge in [0, 0.05) is 12.5 Å². The summed E-state index contributed by atoms with van der Waals surface area (Å²) in [5, 5.41) is 11.0. The van der Waals surface area contributed by atoms with Crippen LogP contribution in [0.25, 0.3) is 0 Å². The van der Waals surface area contributed by atoms with Crippen LogP contribution in [0.15, 0.2) is 12.2 Å². The minimum atomic E-state index is -0.997. The SMILES string of the molecule is O=C(O)COCCNC(=O)C1CC=CCC1. The molecule has 0 bridgehead atoms. The van der Waals surface area contributed by atoms with E-state index in [4.69, 9.17) is 9.84 Å². The maximum Gasteiger partial charge on any atom is 0.329 e. The molecule has 0 aliphatic heterocycles. The number of carbonyl (C=O) groups is 2. The highest BCUT2D eigenvalue weighted by molar-refractivity contribution is 5.78. The molecule has 2 N–H and O–H groups in total. The number of allylic oxidation sites excluding steroid dienone is 2. The van der Waals surface area contributed by atoms with E-state index in [1.165, 1.54) is 0 Å². The third-order valence-electron chi connectivity index (χ3n) is 2.41. The first kappa shape index (κ1) is 12.7. The van der Waals surface area contributed by atoms with Crippen molar-refractivity contribution in [3.8, 4) is 0 Å². The number of carboxylic acid groups (broad SMARTS) is 1. The lowest BCUT2D eigenvalue weighted by atomic mass is 9.94. The number of hydrogen-bond donors (Lipinski definition) is 2. The van der Waals surface area contributed by atoms with Crippen molar-refractivity contribution in [1.29, 1.82) is 0 Å². The third kappa shape index (κ3) is 4.93. The van der Waals surface area contributed by atoms with Gasteiger partial charge >= 0.3 is 5.97 Å². The molecule has 1 atom stereocenters. The summed E-state index contributed by atoms with van der Waals surface area (Å²) >= 11 is 0. The predicted molar refractivity (Wildman–Crippen MR) is 57.9 cm³/mol. The number of carboxylic acids is 1. The average Bonchev–Trinajstić information content (AvgIpc) is 2.29. The fraction of sp³-hybridized carbons (Fsp3) is 0.636. The number of rotatable bonds is 6. The number of aliphatic carboxylic acids is 1. The van der Waals surface area contributed by atoms with Crippen LogP contribution in [-0.2, 0) is 14.3 Å². The van der Waals surface area contributed by atoms with Crippen molar-refractivity contribution in [3.63, 3.8) is 0 Å². The van der Waals surface area contributed by atoms with E-state index in [9.17, 15) is 9.59 Å². The van der Waals surface area contributed by atoms with Crippen molar-refractivity contribution in [1.82, 2.24) is 5.32 Å². The molecule has 5 heteroatoms. The summed E-state index contributed by atoms with van der Waals surface area (Å²) < 4.78 is 4.80. The molecule has 0 saturated carbocycles. The van der Waals surface area contributed by atoms with Crippen LogP contribution in [0.4, 0.5) is 0 Å². The molecule has 0 fully saturated rings. The van der Waals surface area contributed by atoms with Gasteiger partial charge in [0.25, 0.3) is 0 Å². The Hall–Kier alpha value is -1.36. The van der Waals surface area contributed by atoms with E-state index < -0.39 is 5.97 Å². The molecule has 0 heterocycles. The maximum atomic E-state index is 11.6. The maximum absolute atomic E-state index is 11.6. The molecule has 16 heavy (non-hydrogen) atoms. The highest BCUT2D eigenvalue weighted by atomic mass is 16.5. The van der Waals surface area contributed by atoms with E-state index in [-0.39, 0.29) is 25.0 Å². The van der Waals surface area contributed by atoms with Gasteiger partial charge in [-0.2, -0.15) is 0 Å². The van der Waals surface area contributed by atoms with Crippen molar-refractivity contribution in [3.05, 3.63) is 12.2 Å². The Morgan fingerprint density at radius 1 is 1.44 bits per heavy atom. The minimum absolute atomic E-state index is 0.0308. The molecule has 90 valence electrons. The lowest BCUT2D eigenvalue weighted by Crippen LogP contribution is -2.33. The molecule has 1 aliphatic rings. The molecule has 5 nitrogen and oxygen atoms in total. The fourth-order valence-electron chi connectivity index (χ4n) is 1.58. The molecule has 1 unspecified atom stereocenters. The van der Waals surface area contributed by atoms with E-state index in [0.717, 1.165) is 19.3 Å². The lowest BCUT2D eigenvalue weighted by Gasteiger charge is -2.16. The molecule has 1 amide bonds. The smallest absolute Gasteiger partial charge is 0.329 e. The zero-order valence-electron chi connectivity index (χ0n) is 9.15. The molecule has 0 radical (unpaired) electrons. The summed E-state index contributed by atoms with van der Waals surface area (Å²) in [7, 11) is 0. The van der Waals surface area contributed by atoms with Crippen LogP contribution in [0.2, 0.25) is 0 Å². The van der Waals surface area contributed by atoms with E-state index >= 15 is 0 Å². The quantitative estimate of drug-likeness (QED) is 0.513. The second-order valence-electron chi connectivity index (χ2n) is 3.72. The van der Waals surface area contributed by atoms with E-state index in [0.29, 0.717) is 6.54 Å². The van der Waals surface area contributed by atoms with Gasteiger partial charge in [0.1, 0.15) is 6.61 Å². The zero-order valence-corrected chi connectivity index (χ0v) is 9.15. The Kier molecular flexibility index (Phi) is 5.56. The summed E-state index contributed by atoms with van der Waals surface area (Å²) in [5.41, 5.74) is 0. The van der Waals surface area contributed by atoms with E-state index in [2.05, 4.69) is 11.4 Å². The van der Waals surface area contributed by atoms with Crippen LogP contribution in [0.1, 0.15) is 19.3 Å². The molecule has 0 aromatic heterocycles. The van der Waals surface area contributed by atoms with Gasteiger partial charge in [0.15, 0.2) is 0 Å². The van der Waals surface area contributed by atoms with Gasteiger partial charge in [-0.1, -0.05) is 12.2 Å². The monoisotopic (exact) mass is 227 g/mol. The Balaban J connectivity index is 2.06. The molecule has 1 aliphatic carbocycles. The molecule has 0 saturated heterocycles. The lowest BCUT2D eigenvalue weighted by molar-refractivity contribution is -0.142. The third-order valence-corrected chi connectivity index (χ3v) is 2.41. The first-order chi connectivity index (χ1) is 7.70. The number of hydrogen-bond acceptors (Lipinski definition) is 3. The Morgan fingerprint density at radius 3 is 2.88 bits per heavy atom. The molecular formula is C11H17NO4.